The first-order valence-electron chi connectivity index (χ1n) is 6.51. The number of methoxy groups -OCH3 is 1. The highest BCUT2D eigenvalue weighted by Gasteiger charge is 2.13. The largest absolute Gasteiger partial charge is 0.481 e. The molecule has 0 amide bonds. The number of hydrogen-bond acceptors (Lipinski definition) is 5. The molecule has 20 heavy (non-hydrogen) atoms. The molecular weight excluding hydrogens is 252 g/mol. The van der Waals surface area contributed by atoms with E-state index < -0.39 is 0 Å². The predicted molar refractivity (Wildman–Crippen MR) is 79.9 cm³/mol. The van der Waals surface area contributed by atoms with Crippen molar-refractivity contribution in [2.45, 2.75) is 6.04 Å². The first-order chi connectivity index (χ1) is 9.69. The second-order valence-electron chi connectivity index (χ2n) is 4.82. The summed E-state index contributed by atoms with van der Waals surface area (Å²) in [6.45, 7) is 0.871. The molecule has 0 aliphatic heterocycles. The lowest BCUT2D eigenvalue weighted by Crippen LogP contribution is -2.26. The van der Waals surface area contributed by atoms with Gasteiger partial charge in [0, 0.05) is 12.6 Å². The van der Waals surface area contributed by atoms with Crippen molar-refractivity contribution in [2.24, 2.45) is 0 Å². The number of nitrogens with one attached hydrogen (secondary N) is 1. The van der Waals surface area contributed by atoms with E-state index in [1.54, 1.807) is 13.2 Å². The Morgan fingerprint density at radius 2 is 1.95 bits per heavy atom. The molecule has 1 aromatic carbocycles. The van der Waals surface area contributed by atoms with E-state index in [1.165, 1.54) is 11.9 Å². The van der Waals surface area contributed by atoms with E-state index in [2.05, 4.69) is 46.4 Å². The summed E-state index contributed by atoms with van der Waals surface area (Å²) in [5.74, 6) is 1.31. The van der Waals surface area contributed by atoms with Gasteiger partial charge in [-0.3, -0.25) is 0 Å². The van der Waals surface area contributed by atoms with Crippen molar-refractivity contribution in [3.8, 4) is 5.88 Å². The van der Waals surface area contributed by atoms with Gasteiger partial charge in [-0.2, -0.15) is 0 Å². The number of rotatable bonds is 6. The Morgan fingerprint density at radius 3 is 2.60 bits per heavy atom. The van der Waals surface area contributed by atoms with Gasteiger partial charge >= 0.3 is 0 Å². The van der Waals surface area contributed by atoms with Crippen LogP contribution in [-0.4, -0.2) is 42.6 Å². The molecule has 0 saturated heterocycles. The Labute approximate surface area is 119 Å². The molecule has 0 bridgehead atoms. The molecule has 0 aliphatic rings. The topological polar surface area (TPSA) is 50.3 Å². The third-order valence-corrected chi connectivity index (χ3v) is 2.92. The van der Waals surface area contributed by atoms with Crippen LogP contribution in [0.15, 0.2) is 42.7 Å². The SMILES string of the molecule is COc1cc(NC(CN(C)C)c2ccccc2)ncn1. The maximum atomic E-state index is 5.12. The Balaban J connectivity index is 2.19. The summed E-state index contributed by atoms with van der Waals surface area (Å²) in [6.07, 6.45) is 1.50. The minimum Gasteiger partial charge on any atom is -0.481 e. The predicted octanol–water partition coefficient (Wildman–Crippen LogP) is 2.20. The Bertz CT molecular complexity index is 530. The van der Waals surface area contributed by atoms with Crippen LogP contribution in [0.5, 0.6) is 5.88 Å². The number of likely N-dealkylation sites (N-methyl/N-ethyl adjacent to an activating group) is 1. The molecule has 106 valence electrons. The zero-order valence-corrected chi connectivity index (χ0v) is 12.1. The fourth-order valence-electron chi connectivity index (χ4n) is 1.99. The van der Waals surface area contributed by atoms with E-state index in [0.717, 1.165) is 12.4 Å². The van der Waals surface area contributed by atoms with Crippen molar-refractivity contribution in [3.63, 3.8) is 0 Å². The van der Waals surface area contributed by atoms with Crippen molar-refractivity contribution in [2.75, 3.05) is 33.1 Å². The monoisotopic (exact) mass is 272 g/mol. The normalized spacial score (nSPS) is 12.2. The van der Waals surface area contributed by atoms with Crippen LogP contribution in [-0.2, 0) is 0 Å². The molecule has 0 spiro atoms. The van der Waals surface area contributed by atoms with Gasteiger partial charge in [0.1, 0.15) is 12.1 Å². The van der Waals surface area contributed by atoms with E-state index >= 15 is 0 Å². The summed E-state index contributed by atoms with van der Waals surface area (Å²) in [6, 6.07) is 12.3. The van der Waals surface area contributed by atoms with Crippen LogP contribution in [0.3, 0.4) is 0 Å². The number of hydrogen-bond donors (Lipinski definition) is 1. The molecule has 5 heteroatoms. The fourth-order valence-corrected chi connectivity index (χ4v) is 1.99. The average molecular weight is 272 g/mol. The summed E-state index contributed by atoms with van der Waals surface area (Å²) in [4.78, 5) is 10.4. The van der Waals surface area contributed by atoms with E-state index in [9.17, 15) is 0 Å². The molecule has 0 radical (unpaired) electrons. The average Bonchev–Trinajstić information content (AvgIpc) is 2.47. The molecule has 1 unspecified atom stereocenters. The van der Waals surface area contributed by atoms with E-state index in [4.69, 9.17) is 4.74 Å². The lowest BCUT2D eigenvalue weighted by Gasteiger charge is -2.23. The zero-order chi connectivity index (χ0) is 14.4. The number of anilines is 1. The standard InChI is InChI=1S/C15H20N4O/c1-19(2)10-13(12-7-5-4-6-8-12)18-14-9-15(20-3)17-11-16-14/h4-9,11,13H,10H2,1-3H3,(H,16,17,18). The van der Waals surface area contributed by atoms with E-state index in [-0.39, 0.29) is 6.04 Å². The van der Waals surface area contributed by atoms with Gasteiger partial charge in [0.15, 0.2) is 0 Å². The summed E-state index contributed by atoms with van der Waals surface area (Å²) in [7, 11) is 5.71. The Hall–Kier alpha value is -2.14. The number of aromatic nitrogens is 2. The van der Waals surface area contributed by atoms with Crippen LogP contribution < -0.4 is 10.1 Å². The van der Waals surface area contributed by atoms with Gasteiger partial charge in [0.05, 0.1) is 13.2 Å². The molecule has 1 atom stereocenters. The molecule has 1 aromatic heterocycles. The molecule has 2 rings (SSSR count). The number of nitrogens with zero attached hydrogens (tertiary/aromatic N) is 3. The van der Waals surface area contributed by atoms with Gasteiger partial charge in [-0.1, -0.05) is 30.3 Å². The molecule has 0 saturated carbocycles. The van der Waals surface area contributed by atoms with Crippen LogP contribution in [0.1, 0.15) is 11.6 Å². The van der Waals surface area contributed by atoms with Crippen molar-refractivity contribution >= 4 is 5.82 Å². The minimum atomic E-state index is 0.158. The molecule has 1 heterocycles. The first kappa shape index (κ1) is 14.3. The molecule has 1 N–H and O–H groups in total. The molecule has 0 aliphatic carbocycles. The minimum absolute atomic E-state index is 0.158. The summed E-state index contributed by atoms with van der Waals surface area (Å²) < 4.78 is 5.12. The molecular formula is C15H20N4O. The van der Waals surface area contributed by atoms with Crippen molar-refractivity contribution in [3.05, 3.63) is 48.3 Å². The van der Waals surface area contributed by atoms with Gasteiger partial charge in [-0.05, 0) is 19.7 Å². The van der Waals surface area contributed by atoms with Crippen LogP contribution in [0.25, 0.3) is 0 Å². The fraction of sp³-hybridized carbons (Fsp3) is 0.333. The number of benzene rings is 1. The third-order valence-electron chi connectivity index (χ3n) is 2.92. The van der Waals surface area contributed by atoms with Crippen molar-refractivity contribution in [1.82, 2.24) is 14.9 Å². The zero-order valence-electron chi connectivity index (χ0n) is 12.1. The maximum absolute atomic E-state index is 5.12. The maximum Gasteiger partial charge on any atom is 0.218 e. The highest BCUT2D eigenvalue weighted by atomic mass is 16.5. The lowest BCUT2D eigenvalue weighted by molar-refractivity contribution is 0.385. The van der Waals surface area contributed by atoms with Crippen LogP contribution >= 0.6 is 0 Å². The molecule has 5 nitrogen and oxygen atoms in total. The second kappa shape index (κ2) is 6.86. The van der Waals surface area contributed by atoms with E-state index in [0.29, 0.717) is 5.88 Å². The lowest BCUT2D eigenvalue weighted by atomic mass is 10.1. The van der Waals surface area contributed by atoms with Gasteiger partial charge in [-0.15, -0.1) is 0 Å². The quantitative estimate of drug-likeness (QED) is 0.873. The first-order valence-corrected chi connectivity index (χ1v) is 6.51. The summed E-state index contributed by atoms with van der Waals surface area (Å²) >= 11 is 0. The smallest absolute Gasteiger partial charge is 0.218 e. The summed E-state index contributed by atoms with van der Waals surface area (Å²) in [5, 5.41) is 3.43. The highest BCUT2D eigenvalue weighted by Crippen LogP contribution is 2.20. The third kappa shape index (κ3) is 3.93. The van der Waals surface area contributed by atoms with Crippen molar-refractivity contribution in [1.29, 1.82) is 0 Å². The van der Waals surface area contributed by atoms with Crippen LogP contribution in [0, 0.1) is 0 Å². The van der Waals surface area contributed by atoms with Crippen LogP contribution in [0.2, 0.25) is 0 Å². The second-order valence-corrected chi connectivity index (χ2v) is 4.82. The molecule has 0 fully saturated rings. The summed E-state index contributed by atoms with van der Waals surface area (Å²) in [5.41, 5.74) is 1.22. The van der Waals surface area contributed by atoms with Gasteiger partial charge in [0.2, 0.25) is 5.88 Å². The van der Waals surface area contributed by atoms with Gasteiger partial charge < -0.3 is 15.0 Å². The highest BCUT2D eigenvalue weighted by molar-refractivity contribution is 5.40. The van der Waals surface area contributed by atoms with Gasteiger partial charge in [0.25, 0.3) is 0 Å². The molecule has 2 aromatic rings. The Kier molecular flexibility index (Phi) is 4.90. The van der Waals surface area contributed by atoms with Crippen LogP contribution in [0.4, 0.5) is 5.82 Å². The Morgan fingerprint density at radius 1 is 1.20 bits per heavy atom. The van der Waals surface area contributed by atoms with E-state index in [1.807, 2.05) is 18.2 Å². The van der Waals surface area contributed by atoms with Gasteiger partial charge in [-0.25, -0.2) is 9.97 Å². The number of ether oxygens (including phenoxy) is 1. The van der Waals surface area contributed by atoms with Crippen molar-refractivity contribution < 1.29 is 4.74 Å².